The van der Waals surface area contributed by atoms with Crippen LogP contribution in [-0.2, 0) is 5.54 Å². The molecule has 5 rings (SSSR count). The second-order valence-electron chi connectivity index (χ2n) is 7.01. The predicted octanol–water partition coefficient (Wildman–Crippen LogP) is 3.14. The van der Waals surface area contributed by atoms with Gasteiger partial charge in [-0.05, 0) is 37.1 Å². The molecule has 1 aliphatic heterocycles. The summed E-state index contributed by atoms with van der Waals surface area (Å²) in [5, 5.41) is 7.37. The van der Waals surface area contributed by atoms with E-state index >= 15 is 0 Å². The van der Waals surface area contributed by atoms with Crippen LogP contribution in [0.4, 0.5) is 5.82 Å². The summed E-state index contributed by atoms with van der Waals surface area (Å²) in [6.07, 6.45) is 7.82. The van der Waals surface area contributed by atoms with Crippen molar-refractivity contribution in [3.8, 4) is 0 Å². The largest absolute Gasteiger partial charge is 0.344 e. The summed E-state index contributed by atoms with van der Waals surface area (Å²) in [5.74, 6) is 2.28. The number of thiophene rings is 1. The van der Waals surface area contributed by atoms with E-state index < -0.39 is 5.54 Å². The number of rotatable bonds is 3. The van der Waals surface area contributed by atoms with Crippen molar-refractivity contribution in [2.45, 2.75) is 50.1 Å². The molecular weight excluding hydrogens is 336 g/mol. The lowest BCUT2D eigenvalue weighted by atomic mass is 9.98. The number of anilines is 1. The van der Waals surface area contributed by atoms with Gasteiger partial charge < -0.3 is 15.2 Å². The second kappa shape index (κ2) is 5.74. The average Bonchev–Trinajstić information content (AvgIpc) is 3.38. The maximum atomic E-state index is 6.48. The number of aromatic nitrogens is 4. The van der Waals surface area contributed by atoms with Crippen molar-refractivity contribution >= 4 is 27.4 Å². The highest BCUT2D eigenvalue weighted by molar-refractivity contribution is 7.16. The molecule has 1 saturated heterocycles. The van der Waals surface area contributed by atoms with Gasteiger partial charge in [0.05, 0.1) is 10.9 Å². The van der Waals surface area contributed by atoms with Gasteiger partial charge >= 0.3 is 0 Å². The molecule has 0 spiro atoms. The summed E-state index contributed by atoms with van der Waals surface area (Å²) >= 11 is 1.63. The standard InChI is InChI=1S/C17H20N6OS/c18-17(6-1-2-7-17)16-21-14(24-22-16)12-4-3-8-23(12)13-11-5-9-25-15(11)20-10-19-13/h5,9-10,12H,1-4,6-8,18H2. The summed E-state index contributed by atoms with van der Waals surface area (Å²) in [6, 6.07) is 2.14. The monoisotopic (exact) mass is 356 g/mol. The molecule has 0 bridgehead atoms. The van der Waals surface area contributed by atoms with Crippen molar-refractivity contribution in [2.75, 3.05) is 11.4 Å². The molecule has 4 heterocycles. The Labute approximate surface area is 149 Å². The third-order valence-electron chi connectivity index (χ3n) is 5.43. The molecule has 2 fully saturated rings. The van der Waals surface area contributed by atoms with Crippen molar-refractivity contribution in [3.63, 3.8) is 0 Å². The third kappa shape index (κ3) is 2.43. The van der Waals surface area contributed by atoms with E-state index in [4.69, 9.17) is 15.2 Å². The van der Waals surface area contributed by atoms with Crippen LogP contribution < -0.4 is 10.6 Å². The molecule has 3 aromatic heterocycles. The lowest BCUT2D eigenvalue weighted by Crippen LogP contribution is -2.34. The molecule has 25 heavy (non-hydrogen) atoms. The van der Waals surface area contributed by atoms with Crippen LogP contribution in [0.1, 0.15) is 56.3 Å². The van der Waals surface area contributed by atoms with Crippen molar-refractivity contribution in [1.29, 1.82) is 0 Å². The fourth-order valence-electron chi connectivity index (χ4n) is 4.09. The summed E-state index contributed by atoms with van der Waals surface area (Å²) < 4.78 is 5.65. The van der Waals surface area contributed by atoms with Gasteiger partial charge in [-0.3, -0.25) is 0 Å². The van der Waals surface area contributed by atoms with Crippen LogP contribution in [0.5, 0.6) is 0 Å². The first kappa shape index (κ1) is 15.2. The maximum Gasteiger partial charge on any atom is 0.249 e. The quantitative estimate of drug-likeness (QED) is 0.770. The van der Waals surface area contributed by atoms with E-state index in [-0.39, 0.29) is 6.04 Å². The number of nitrogens with two attached hydrogens (primary N) is 1. The number of hydrogen-bond acceptors (Lipinski definition) is 8. The Kier molecular flexibility index (Phi) is 3.49. The maximum absolute atomic E-state index is 6.48. The van der Waals surface area contributed by atoms with Crippen LogP contribution >= 0.6 is 11.3 Å². The molecule has 1 saturated carbocycles. The Hall–Kier alpha value is -2.06. The Morgan fingerprint density at radius 3 is 3.00 bits per heavy atom. The van der Waals surface area contributed by atoms with E-state index in [0.29, 0.717) is 11.7 Å². The van der Waals surface area contributed by atoms with Crippen LogP contribution in [0.15, 0.2) is 22.3 Å². The minimum Gasteiger partial charge on any atom is -0.344 e. The fraction of sp³-hybridized carbons (Fsp3) is 0.529. The third-order valence-corrected chi connectivity index (χ3v) is 6.25. The summed E-state index contributed by atoms with van der Waals surface area (Å²) in [6.45, 7) is 0.929. The van der Waals surface area contributed by atoms with E-state index in [0.717, 1.165) is 61.1 Å². The molecular formula is C17H20N6OS. The molecule has 2 aliphatic rings. The average molecular weight is 356 g/mol. The topological polar surface area (TPSA) is 94.0 Å². The first-order chi connectivity index (χ1) is 12.2. The number of nitrogens with zero attached hydrogens (tertiary/aromatic N) is 5. The molecule has 8 heteroatoms. The Morgan fingerprint density at radius 1 is 1.24 bits per heavy atom. The molecule has 7 nitrogen and oxygen atoms in total. The predicted molar refractivity (Wildman–Crippen MR) is 95.4 cm³/mol. The molecule has 0 radical (unpaired) electrons. The Balaban J connectivity index is 1.49. The van der Waals surface area contributed by atoms with E-state index in [9.17, 15) is 0 Å². The van der Waals surface area contributed by atoms with Crippen LogP contribution in [-0.4, -0.2) is 26.7 Å². The highest BCUT2D eigenvalue weighted by Crippen LogP contribution is 2.40. The van der Waals surface area contributed by atoms with Gasteiger partial charge in [-0.15, -0.1) is 11.3 Å². The van der Waals surface area contributed by atoms with Gasteiger partial charge in [0, 0.05) is 6.54 Å². The van der Waals surface area contributed by atoms with Gasteiger partial charge in [0.15, 0.2) is 5.82 Å². The molecule has 0 aromatic carbocycles. The van der Waals surface area contributed by atoms with Crippen LogP contribution in [0.3, 0.4) is 0 Å². The molecule has 1 aliphatic carbocycles. The minimum atomic E-state index is -0.416. The van der Waals surface area contributed by atoms with Gasteiger partial charge in [-0.25, -0.2) is 9.97 Å². The van der Waals surface area contributed by atoms with Gasteiger partial charge in [0.2, 0.25) is 5.89 Å². The molecule has 1 atom stereocenters. The zero-order chi connectivity index (χ0) is 16.9. The first-order valence-corrected chi connectivity index (χ1v) is 9.70. The van der Waals surface area contributed by atoms with Crippen molar-refractivity contribution in [3.05, 3.63) is 29.5 Å². The van der Waals surface area contributed by atoms with E-state index in [2.05, 4.69) is 31.5 Å². The molecule has 0 amide bonds. The van der Waals surface area contributed by atoms with E-state index in [1.54, 1.807) is 17.7 Å². The van der Waals surface area contributed by atoms with Crippen molar-refractivity contribution in [2.24, 2.45) is 5.73 Å². The summed E-state index contributed by atoms with van der Waals surface area (Å²) in [7, 11) is 0. The van der Waals surface area contributed by atoms with Gasteiger partial charge in [-0.1, -0.05) is 18.0 Å². The fourth-order valence-corrected chi connectivity index (χ4v) is 4.81. The van der Waals surface area contributed by atoms with E-state index in [1.807, 2.05) is 0 Å². The molecule has 3 aromatic rings. The van der Waals surface area contributed by atoms with Gasteiger partial charge in [0.1, 0.15) is 23.0 Å². The smallest absolute Gasteiger partial charge is 0.249 e. The second-order valence-corrected chi connectivity index (χ2v) is 7.90. The van der Waals surface area contributed by atoms with Crippen molar-refractivity contribution < 1.29 is 4.52 Å². The molecule has 1 unspecified atom stereocenters. The van der Waals surface area contributed by atoms with Crippen LogP contribution in [0.25, 0.3) is 10.2 Å². The number of fused-ring (bicyclic) bond motifs is 1. The summed E-state index contributed by atoms with van der Waals surface area (Å²) in [4.78, 5) is 16.9. The Bertz CT molecular complexity index is 899. The summed E-state index contributed by atoms with van der Waals surface area (Å²) in [5.41, 5.74) is 6.06. The van der Waals surface area contributed by atoms with Gasteiger partial charge in [-0.2, -0.15) is 4.98 Å². The van der Waals surface area contributed by atoms with Crippen LogP contribution in [0.2, 0.25) is 0 Å². The van der Waals surface area contributed by atoms with Crippen molar-refractivity contribution in [1.82, 2.24) is 20.1 Å². The zero-order valence-corrected chi connectivity index (χ0v) is 14.7. The highest BCUT2D eigenvalue weighted by atomic mass is 32.1. The minimum absolute atomic E-state index is 0.0595. The zero-order valence-electron chi connectivity index (χ0n) is 13.9. The normalized spacial score (nSPS) is 22.9. The van der Waals surface area contributed by atoms with E-state index in [1.165, 1.54) is 0 Å². The SMILES string of the molecule is NC1(c2noc(C3CCCN3c3ncnc4sccc34)n2)CCCC1. The molecule has 130 valence electrons. The first-order valence-electron chi connectivity index (χ1n) is 8.82. The lowest BCUT2D eigenvalue weighted by Gasteiger charge is -2.23. The van der Waals surface area contributed by atoms with Gasteiger partial charge in [0.25, 0.3) is 0 Å². The highest BCUT2D eigenvalue weighted by Gasteiger charge is 2.38. The Morgan fingerprint density at radius 2 is 2.12 bits per heavy atom. The lowest BCUT2D eigenvalue weighted by molar-refractivity contribution is 0.334. The van der Waals surface area contributed by atoms with Crippen LogP contribution in [0, 0.1) is 0 Å². The number of hydrogen-bond donors (Lipinski definition) is 1. The molecule has 2 N–H and O–H groups in total.